The van der Waals surface area contributed by atoms with E-state index >= 15 is 0 Å². The van der Waals surface area contributed by atoms with Crippen LogP contribution in [0.25, 0.3) is 0 Å². The summed E-state index contributed by atoms with van der Waals surface area (Å²) in [7, 11) is 0. The zero-order valence-electron chi connectivity index (χ0n) is 9.46. The first-order valence-electron chi connectivity index (χ1n) is 5.44. The van der Waals surface area contributed by atoms with E-state index in [4.69, 9.17) is 5.26 Å². The molecular weight excluding hydrogens is 220 g/mol. The van der Waals surface area contributed by atoms with Crippen LogP contribution in [-0.2, 0) is 17.6 Å². The minimum Gasteiger partial charge on any atom is -0.317 e. The van der Waals surface area contributed by atoms with Gasteiger partial charge in [0, 0.05) is 11.8 Å². The van der Waals surface area contributed by atoms with Gasteiger partial charge in [-0.2, -0.15) is 5.26 Å². The molecule has 0 aromatic carbocycles. The summed E-state index contributed by atoms with van der Waals surface area (Å²) < 4.78 is 0. The van der Waals surface area contributed by atoms with Crippen molar-refractivity contribution in [2.45, 2.75) is 33.1 Å². The normalized spacial score (nSPS) is 18.7. The number of hydrogen-bond donors (Lipinski definition) is 1. The summed E-state index contributed by atoms with van der Waals surface area (Å²) >= 11 is 1.56. The average Bonchev–Trinajstić information content (AvgIpc) is 2.52. The number of amides is 1. The second-order valence-corrected chi connectivity index (χ2v) is 5.45. The molecule has 1 amide bonds. The first-order valence-corrected chi connectivity index (χ1v) is 6.25. The lowest BCUT2D eigenvalue weighted by Crippen LogP contribution is -2.09. The molecule has 0 saturated carbocycles. The van der Waals surface area contributed by atoms with E-state index in [2.05, 4.69) is 18.3 Å². The zero-order chi connectivity index (χ0) is 11.7. The van der Waals surface area contributed by atoms with E-state index in [0.717, 1.165) is 29.8 Å². The smallest absolute Gasteiger partial charge is 0.221 e. The predicted molar refractivity (Wildman–Crippen MR) is 64.5 cm³/mol. The summed E-state index contributed by atoms with van der Waals surface area (Å²) in [5, 5.41) is 12.6. The van der Waals surface area contributed by atoms with Gasteiger partial charge in [0.1, 0.15) is 11.1 Å². The van der Waals surface area contributed by atoms with E-state index in [0.29, 0.717) is 11.5 Å². The topological polar surface area (TPSA) is 52.9 Å². The standard InChI is InChI=1S/C12H14N2OS/c1-7-3-4-9-10(6-13)12(14-8(2)15)16-11(9)5-7/h7H,3-5H2,1-2H3,(H,14,15)/t7-/m1/s1. The Morgan fingerprint density at radius 3 is 3.00 bits per heavy atom. The molecule has 84 valence electrons. The molecule has 1 aliphatic rings. The highest BCUT2D eigenvalue weighted by Crippen LogP contribution is 2.39. The molecule has 0 radical (unpaired) electrons. The largest absolute Gasteiger partial charge is 0.317 e. The average molecular weight is 234 g/mol. The molecule has 1 aliphatic carbocycles. The highest BCUT2D eigenvalue weighted by molar-refractivity contribution is 7.16. The van der Waals surface area contributed by atoms with Crippen molar-refractivity contribution in [3.05, 3.63) is 16.0 Å². The van der Waals surface area contributed by atoms with Gasteiger partial charge in [0.2, 0.25) is 5.91 Å². The number of hydrogen-bond acceptors (Lipinski definition) is 3. The van der Waals surface area contributed by atoms with Crippen molar-refractivity contribution in [2.75, 3.05) is 5.32 Å². The summed E-state index contributed by atoms with van der Waals surface area (Å²) in [6, 6.07) is 2.22. The molecule has 1 N–H and O–H groups in total. The van der Waals surface area contributed by atoms with E-state index in [1.807, 2.05) is 0 Å². The molecule has 2 rings (SSSR count). The SMILES string of the molecule is CC(=O)Nc1sc2c(c1C#N)CC[C@@H](C)C2. The van der Waals surface area contributed by atoms with Crippen molar-refractivity contribution in [3.63, 3.8) is 0 Å². The molecule has 1 atom stereocenters. The van der Waals surface area contributed by atoms with Crippen LogP contribution in [0.3, 0.4) is 0 Å². The van der Waals surface area contributed by atoms with E-state index < -0.39 is 0 Å². The van der Waals surface area contributed by atoms with Gasteiger partial charge in [-0.15, -0.1) is 11.3 Å². The van der Waals surface area contributed by atoms with Crippen LogP contribution in [0.4, 0.5) is 5.00 Å². The van der Waals surface area contributed by atoms with Gasteiger partial charge < -0.3 is 5.32 Å². The minimum atomic E-state index is -0.108. The van der Waals surface area contributed by atoms with Crippen molar-refractivity contribution < 1.29 is 4.79 Å². The first-order chi connectivity index (χ1) is 7.61. The lowest BCUT2D eigenvalue weighted by Gasteiger charge is -2.17. The zero-order valence-corrected chi connectivity index (χ0v) is 10.3. The van der Waals surface area contributed by atoms with E-state index in [1.54, 1.807) is 11.3 Å². The Balaban J connectivity index is 2.41. The number of carbonyl (C=O) groups is 1. The quantitative estimate of drug-likeness (QED) is 0.812. The van der Waals surface area contributed by atoms with Crippen molar-refractivity contribution in [1.82, 2.24) is 0 Å². The number of fused-ring (bicyclic) bond motifs is 1. The first kappa shape index (κ1) is 11.2. The second kappa shape index (κ2) is 4.26. The van der Waals surface area contributed by atoms with Gasteiger partial charge in [-0.05, 0) is 30.7 Å². The third-order valence-corrected chi connectivity index (χ3v) is 4.08. The van der Waals surface area contributed by atoms with Crippen LogP contribution in [0, 0.1) is 17.2 Å². The monoisotopic (exact) mass is 234 g/mol. The number of anilines is 1. The van der Waals surface area contributed by atoms with Crippen LogP contribution in [-0.4, -0.2) is 5.91 Å². The lowest BCUT2D eigenvalue weighted by atomic mass is 9.89. The Hall–Kier alpha value is -1.34. The third-order valence-electron chi connectivity index (χ3n) is 2.91. The van der Waals surface area contributed by atoms with Crippen molar-refractivity contribution in [3.8, 4) is 6.07 Å². The fourth-order valence-electron chi connectivity index (χ4n) is 2.12. The van der Waals surface area contributed by atoms with Crippen molar-refractivity contribution in [1.29, 1.82) is 5.26 Å². The fraction of sp³-hybridized carbons (Fsp3) is 0.500. The molecule has 0 aliphatic heterocycles. The van der Waals surface area contributed by atoms with Gasteiger partial charge in [0.25, 0.3) is 0 Å². The van der Waals surface area contributed by atoms with Crippen LogP contribution in [0.15, 0.2) is 0 Å². The maximum absolute atomic E-state index is 11.0. The highest BCUT2D eigenvalue weighted by Gasteiger charge is 2.23. The molecular formula is C12H14N2OS. The number of rotatable bonds is 1. The molecule has 3 nitrogen and oxygen atoms in total. The molecule has 1 aromatic heterocycles. The van der Waals surface area contributed by atoms with Crippen LogP contribution in [0.1, 0.15) is 36.3 Å². The van der Waals surface area contributed by atoms with Gasteiger partial charge in [0.15, 0.2) is 0 Å². The highest BCUT2D eigenvalue weighted by atomic mass is 32.1. The Bertz CT molecular complexity index is 470. The van der Waals surface area contributed by atoms with Crippen LogP contribution >= 0.6 is 11.3 Å². The van der Waals surface area contributed by atoms with Crippen LogP contribution in [0.2, 0.25) is 0 Å². The van der Waals surface area contributed by atoms with Crippen LogP contribution in [0.5, 0.6) is 0 Å². The van der Waals surface area contributed by atoms with Gasteiger partial charge in [0.05, 0.1) is 5.56 Å². The fourth-order valence-corrected chi connectivity index (χ4v) is 3.52. The van der Waals surface area contributed by atoms with Crippen molar-refractivity contribution in [2.24, 2.45) is 5.92 Å². The number of nitriles is 1. The van der Waals surface area contributed by atoms with Crippen LogP contribution < -0.4 is 5.32 Å². The molecule has 1 heterocycles. The Labute approximate surface area is 99.1 Å². The number of thiophene rings is 1. The minimum absolute atomic E-state index is 0.108. The molecule has 0 saturated heterocycles. The molecule has 16 heavy (non-hydrogen) atoms. The number of carbonyl (C=O) groups excluding carboxylic acids is 1. The predicted octanol–water partition coefficient (Wildman–Crippen LogP) is 2.70. The molecule has 0 bridgehead atoms. The van der Waals surface area contributed by atoms with Gasteiger partial charge in [-0.3, -0.25) is 4.79 Å². The molecule has 0 unspecified atom stereocenters. The second-order valence-electron chi connectivity index (χ2n) is 4.35. The summed E-state index contributed by atoms with van der Waals surface area (Å²) in [4.78, 5) is 12.3. The van der Waals surface area contributed by atoms with E-state index in [-0.39, 0.29) is 5.91 Å². The van der Waals surface area contributed by atoms with Gasteiger partial charge >= 0.3 is 0 Å². The Morgan fingerprint density at radius 2 is 2.38 bits per heavy atom. The van der Waals surface area contributed by atoms with E-state index in [9.17, 15) is 4.79 Å². The maximum Gasteiger partial charge on any atom is 0.221 e. The number of nitrogens with zero attached hydrogens (tertiary/aromatic N) is 1. The summed E-state index contributed by atoms with van der Waals surface area (Å²) in [6.07, 6.45) is 3.14. The summed E-state index contributed by atoms with van der Waals surface area (Å²) in [5.41, 5.74) is 1.84. The molecule has 1 aromatic rings. The molecule has 0 fully saturated rings. The molecule has 0 spiro atoms. The Kier molecular flexibility index (Phi) is 2.97. The number of nitrogens with one attached hydrogen (secondary N) is 1. The van der Waals surface area contributed by atoms with Gasteiger partial charge in [-0.1, -0.05) is 6.92 Å². The Morgan fingerprint density at radius 1 is 1.62 bits per heavy atom. The van der Waals surface area contributed by atoms with Crippen molar-refractivity contribution >= 4 is 22.2 Å². The summed E-state index contributed by atoms with van der Waals surface area (Å²) in [6.45, 7) is 3.70. The van der Waals surface area contributed by atoms with Gasteiger partial charge in [-0.25, -0.2) is 0 Å². The lowest BCUT2D eigenvalue weighted by molar-refractivity contribution is -0.114. The maximum atomic E-state index is 11.0. The summed E-state index contributed by atoms with van der Waals surface area (Å²) in [5.74, 6) is 0.575. The third kappa shape index (κ3) is 1.96. The molecule has 4 heteroatoms. The van der Waals surface area contributed by atoms with E-state index in [1.165, 1.54) is 11.8 Å².